The fraction of sp³-hybridized carbons (Fsp3) is 0.533. The van der Waals surface area contributed by atoms with Crippen LogP contribution in [0.4, 0.5) is 11.4 Å². The third-order valence-electron chi connectivity index (χ3n) is 3.45. The molecule has 4 N–H and O–H groups in total. The number of nitrogens with one attached hydrogen (secondary N) is 2. The Hall–Kier alpha value is -1.36. The molecule has 0 radical (unpaired) electrons. The van der Waals surface area contributed by atoms with Gasteiger partial charge in [-0.2, -0.15) is 11.8 Å². The van der Waals surface area contributed by atoms with Gasteiger partial charge in [-0.15, -0.1) is 0 Å². The van der Waals surface area contributed by atoms with Crippen LogP contribution in [0.15, 0.2) is 18.2 Å². The van der Waals surface area contributed by atoms with Crippen LogP contribution in [0.25, 0.3) is 0 Å². The van der Waals surface area contributed by atoms with Crippen molar-refractivity contribution in [2.75, 3.05) is 29.9 Å². The first-order valence-electron chi connectivity index (χ1n) is 7.24. The molecule has 1 atom stereocenters. The van der Waals surface area contributed by atoms with Crippen LogP contribution in [0.1, 0.15) is 36.5 Å². The van der Waals surface area contributed by atoms with Gasteiger partial charge >= 0.3 is 0 Å². The van der Waals surface area contributed by atoms with Crippen molar-refractivity contribution in [1.29, 1.82) is 0 Å². The van der Waals surface area contributed by atoms with Gasteiger partial charge in [0.1, 0.15) is 0 Å². The van der Waals surface area contributed by atoms with Crippen molar-refractivity contribution >= 4 is 29.0 Å². The Morgan fingerprint density at radius 2 is 2.30 bits per heavy atom. The molecule has 0 aliphatic carbocycles. The molecule has 1 heterocycles. The van der Waals surface area contributed by atoms with Crippen LogP contribution < -0.4 is 16.4 Å². The highest BCUT2D eigenvalue weighted by molar-refractivity contribution is 7.99. The number of nitrogens with two attached hydrogens (primary N) is 1. The number of amides is 1. The third kappa shape index (κ3) is 4.07. The standard InChI is InChI=1S/C15H23N3OS/c1-2-17-15(19)11-6-7-13(16)14(9-11)18-10-12-5-3-4-8-20-12/h6-7,9,12,18H,2-5,8,10,16H2,1H3,(H,17,19). The van der Waals surface area contributed by atoms with E-state index < -0.39 is 0 Å². The first-order chi connectivity index (χ1) is 9.70. The second-order valence-electron chi connectivity index (χ2n) is 5.03. The summed E-state index contributed by atoms with van der Waals surface area (Å²) in [5.74, 6) is 1.20. The summed E-state index contributed by atoms with van der Waals surface area (Å²) >= 11 is 2.02. The van der Waals surface area contributed by atoms with Gasteiger partial charge < -0.3 is 16.4 Å². The molecule has 0 spiro atoms. The van der Waals surface area contributed by atoms with Gasteiger partial charge in [-0.3, -0.25) is 4.79 Å². The zero-order valence-electron chi connectivity index (χ0n) is 11.9. The molecule has 4 nitrogen and oxygen atoms in total. The van der Waals surface area contributed by atoms with E-state index in [0.717, 1.165) is 12.2 Å². The Kier molecular flexibility index (Phi) is 5.59. The lowest BCUT2D eigenvalue weighted by atomic mass is 10.1. The first-order valence-corrected chi connectivity index (χ1v) is 8.28. The maximum Gasteiger partial charge on any atom is 0.251 e. The summed E-state index contributed by atoms with van der Waals surface area (Å²) in [6, 6.07) is 5.40. The number of anilines is 2. The largest absolute Gasteiger partial charge is 0.397 e. The van der Waals surface area contributed by atoms with E-state index in [1.54, 1.807) is 12.1 Å². The van der Waals surface area contributed by atoms with Crippen molar-refractivity contribution in [3.05, 3.63) is 23.8 Å². The summed E-state index contributed by atoms with van der Waals surface area (Å²) in [6.07, 6.45) is 3.90. The molecule has 1 aliphatic heterocycles. The van der Waals surface area contributed by atoms with Crippen LogP contribution in [0.5, 0.6) is 0 Å². The van der Waals surface area contributed by atoms with Gasteiger partial charge in [0, 0.05) is 23.9 Å². The van der Waals surface area contributed by atoms with E-state index in [0.29, 0.717) is 23.0 Å². The highest BCUT2D eigenvalue weighted by Crippen LogP contribution is 2.26. The van der Waals surface area contributed by atoms with Gasteiger partial charge in [0.05, 0.1) is 11.4 Å². The topological polar surface area (TPSA) is 67.2 Å². The fourth-order valence-corrected chi connectivity index (χ4v) is 3.54. The number of hydrogen-bond donors (Lipinski definition) is 3. The Morgan fingerprint density at radius 3 is 3.00 bits per heavy atom. The van der Waals surface area contributed by atoms with Gasteiger partial charge in [0.25, 0.3) is 5.91 Å². The SMILES string of the molecule is CCNC(=O)c1ccc(N)c(NCC2CCCCS2)c1. The number of thioether (sulfide) groups is 1. The van der Waals surface area contributed by atoms with Crippen LogP contribution in [-0.4, -0.2) is 30.0 Å². The number of hydrogen-bond acceptors (Lipinski definition) is 4. The first kappa shape index (κ1) is 15.0. The lowest BCUT2D eigenvalue weighted by Crippen LogP contribution is -2.23. The van der Waals surface area contributed by atoms with E-state index >= 15 is 0 Å². The normalized spacial score (nSPS) is 18.6. The molecule has 1 aromatic rings. The zero-order chi connectivity index (χ0) is 14.4. The van der Waals surface area contributed by atoms with Gasteiger partial charge in [-0.25, -0.2) is 0 Å². The maximum atomic E-state index is 11.8. The molecule has 110 valence electrons. The molecule has 20 heavy (non-hydrogen) atoms. The van der Waals surface area contributed by atoms with Crippen LogP contribution in [0.3, 0.4) is 0 Å². The molecular weight excluding hydrogens is 270 g/mol. The molecule has 0 aromatic heterocycles. The second-order valence-corrected chi connectivity index (χ2v) is 6.44. The summed E-state index contributed by atoms with van der Waals surface area (Å²) in [4.78, 5) is 11.8. The van der Waals surface area contributed by atoms with Crippen molar-refractivity contribution < 1.29 is 4.79 Å². The average Bonchev–Trinajstić information content (AvgIpc) is 2.47. The lowest BCUT2D eigenvalue weighted by Gasteiger charge is -2.22. The molecule has 2 rings (SSSR count). The Morgan fingerprint density at radius 1 is 1.45 bits per heavy atom. The van der Waals surface area contributed by atoms with E-state index in [9.17, 15) is 4.79 Å². The molecule has 0 bridgehead atoms. The number of benzene rings is 1. The van der Waals surface area contributed by atoms with E-state index in [1.165, 1.54) is 25.0 Å². The van der Waals surface area contributed by atoms with Gasteiger partial charge in [-0.05, 0) is 43.7 Å². The van der Waals surface area contributed by atoms with Crippen LogP contribution >= 0.6 is 11.8 Å². The Balaban J connectivity index is 1.98. The maximum absolute atomic E-state index is 11.8. The van der Waals surface area contributed by atoms with Crippen LogP contribution in [0, 0.1) is 0 Å². The molecule has 1 unspecified atom stereocenters. The number of carbonyl (C=O) groups excluding carboxylic acids is 1. The van der Waals surface area contributed by atoms with Crippen molar-refractivity contribution in [3.63, 3.8) is 0 Å². The molecule has 1 amide bonds. The molecule has 1 saturated heterocycles. The van der Waals surface area contributed by atoms with E-state index in [1.807, 2.05) is 24.8 Å². The average molecular weight is 293 g/mol. The van der Waals surface area contributed by atoms with Crippen molar-refractivity contribution in [1.82, 2.24) is 5.32 Å². The monoisotopic (exact) mass is 293 g/mol. The molecule has 1 aliphatic rings. The van der Waals surface area contributed by atoms with Crippen LogP contribution in [0.2, 0.25) is 0 Å². The predicted molar refractivity (Wildman–Crippen MR) is 87.4 cm³/mol. The summed E-state index contributed by atoms with van der Waals surface area (Å²) in [5.41, 5.74) is 8.19. The zero-order valence-corrected chi connectivity index (χ0v) is 12.8. The smallest absolute Gasteiger partial charge is 0.251 e. The lowest BCUT2D eigenvalue weighted by molar-refractivity contribution is 0.0956. The van der Waals surface area contributed by atoms with Crippen molar-refractivity contribution in [3.8, 4) is 0 Å². The minimum absolute atomic E-state index is 0.0532. The summed E-state index contributed by atoms with van der Waals surface area (Å²) < 4.78 is 0. The molecule has 5 heteroatoms. The van der Waals surface area contributed by atoms with Gasteiger partial charge in [-0.1, -0.05) is 6.42 Å². The van der Waals surface area contributed by atoms with Crippen LogP contribution in [-0.2, 0) is 0 Å². The third-order valence-corrected chi connectivity index (χ3v) is 4.85. The summed E-state index contributed by atoms with van der Waals surface area (Å²) in [6.45, 7) is 3.45. The van der Waals surface area contributed by atoms with E-state index in [4.69, 9.17) is 5.73 Å². The predicted octanol–water partition coefficient (Wildman–Crippen LogP) is 2.72. The van der Waals surface area contributed by atoms with Crippen molar-refractivity contribution in [2.45, 2.75) is 31.4 Å². The summed E-state index contributed by atoms with van der Waals surface area (Å²) in [5, 5.41) is 6.85. The number of rotatable bonds is 5. The molecule has 1 fully saturated rings. The highest BCUT2D eigenvalue weighted by Gasteiger charge is 2.14. The number of carbonyl (C=O) groups is 1. The molecular formula is C15H23N3OS. The van der Waals surface area contributed by atoms with Gasteiger partial charge in [0.2, 0.25) is 0 Å². The molecule has 1 aromatic carbocycles. The van der Waals surface area contributed by atoms with E-state index in [2.05, 4.69) is 10.6 Å². The highest BCUT2D eigenvalue weighted by atomic mass is 32.2. The van der Waals surface area contributed by atoms with E-state index in [-0.39, 0.29) is 5.91 Å². The summed E-state index contributed by atoms with van der Waals surface area (Å²) in [7, 11) is 0. The Labute approximate surface area is 124 Å². The fourth-order valence-electron chi connectivity index (χ4n) is 2.31. The van der Waals surface area contributed by atoms with Crippen molar-refractivity contribution in [2.24, 2.45) is 0 Å². The molecule has 0 saturated carbocycles. The minimum Gasteiger partial charge on any atom is -0.397 e. The number of nitrogen functional groups attached to an aromatic ring is 1. The minimum atomic E-state index is -0.0532. The van der Waals surface area contributed by atoms with Gasteiger partial charge in [0.15, 0.2) is 0 Å². The quantitative estimate of drug-likeness (QED) is 0.730. The Bertz CT molecular complexity index is 458. The second kappa shape index (κ2) is 7.43.